The summed E-state index contributed by atoms with van der Waals surface area (Å²) in [5.74, 6) is 0.750. The maximum Gasteiger partial charge on any atom is 0.240 e. The van der Waals surface area contributed by atoms with Crippen LogP contribution in [0.3, 0.4) is 0 Å². The van der Waals surface area contributed by atoms with Gasteiger partial charge in [0.15, 0.2) is 0 Å². The standard InChI is InChI=1S/C11H18N2O2S2/c1-8-6-10(12)7-11(9(8)2)17(14,15)13-4-5-16-3/h6-7,13H,4-5,12H2,1-3H3. The van der Waals surface area contributed by atoms with Gasteiger partial charge in [-0.3, -0.25) is 0 Å². The Bertz CT molecular complexity index is 498. The number of benzene rings is 1. The lowest BCUT2D eigenvalue weighted by molar-refractivity contribution is 0.583. The minimum atomic E-state index is -3.45. The zero-order valence-corrected chi connectivity index (χ0v) is 11.9. The number of aryl methyl sites for hydroxylation is 1. The van der Waals surface area contributed by atoms with Gasteiger partial charge in [0.25, 0.3) is 0 Å². The molecular weight excluding hydrogens is 256 g/mol. The largest absolute Gasteiger partial charge is 0.399 e. The van der Waals surface area contributed by atoms with Gasteiger partial charge in [0.05, 0.1) is 4.90 Å². The van der Waals surface area contributed by atoms with Crippen molar-refractivity contribution < 1.29 is 8.42 Å². The fourth-order valence-corrected chi connectivity index (χ4v) is 3.31. The first-order valence-electron chi connectivity index (χ1n) is 5.24. The molecule has 0 saturated carbocycles. The number of nitrogens with one attached hydrogen (secondary N) is 1. The van der Waals surface area contributed by atoms with Crippen LogP contribution >= 0.6 is 11.8 Å². The number of hydrogen-bond donors (Lipinski definition) is 2. The number of sulfonamides is 1. The van der Waals surface area contributed by atoms with Crippen LogP contribution in [0.25, 0.3) is 0 Å². The highest BCUT2D eigenvalue weighted by molar-refractivity contribution is 7.98. The summed E-state index contributed by atoms with van der Waals surface area (Å²) in [4.78, 5) is 0.274. The van der Waals surface area contributed by atoms with Gasteiger partial charge in [0, 0.05) is 18.0 Å². The molecule has 0 aliphatic carbocycles. The maximum atomic E-state index is 12.1. The second-order valence-corrected chi connectivity index (χ2v) is 6.57. The lowest BCUT2D eigenvalue weighted by atomic mass is 10.1. The first-order chi connectivity index (χ1) is 7.88. The van der Waals surface area contributed by atoms with Gasteiger partial charge in [-0.25, -0.2) is 13.1 Å². The van der Waals surface area contributed by atoms with Crippen molar-refractivity contribution in [3.8, 4) is 0 Å². The molecule has 0 spiro atoms. The van der Waals surface area contributed by atoms with Gasteiger partial charge in [0.2, 0.25) is 10.0 Å². The molecule has 0 unspecified atom stereocenters. The lowest BCUT2D eigenvalue weighted by Crippen LogP contribution is -2.27. The van der Waals surface area contributed by atoms with Gasteiger partial charge >= 0.3 is 0 Å². The van der Waals surface area contributed by atoms with E-state index in [0.717, 1.165) is 16.9 Å². The highest BCUT2D eigenvalue weighted by Gasteiger charge is 2.17. The molecule has 0 amide bonds. The number of hydrogen-bond acceptors (Lipinski definition) is 4. The van der Waals surface area contributed by atoms with Gasteiger partial charge in [-0.1, -0.05) is 0 Å². The summed E-state index contributed by atoms with van der Waals surface area (Å²) in [6.07, 6.45) is 1.93. The molecule has 1 aromatic rings. The summed E-state index contributed by atoms with van der Waals surface area (Å²) < 4.78 is 26.7. The number of nitrogen functional groups attached to an aromatic ring is 1. The highest BCUT2D eigenvalue weighted by Crippen LogP contribution is 2.22. The van der Waals surface area contributed by atoms with E-state index < -0.39 is 10.0 Å². The molecule has 0 atom stereocenters. The molecule has 6 heteroatoms. The summed E-state index contributed by atoms with van der Waals surface area (Å²) in [6.45, 7) is 4.07. The van der Waals surface area contributed by atoms with E-state index in [2.05, 4.69) is 4.72 Å². The van der Waals surface area contributed by atoms with Crippen molar-refractivity contribution in [1.82, 2.24) is 4.72 Å². The van der Waals surface area contributed by atoms with Crippen LogP contribution in [0.5, 0.6) is 0 Å². The van der Waals surface area contributed by atoms with Gasteiger partial charge in [0.1, 0.15) is 0 Å². The van der Waals surface area contributed by atoms with Crippen molar-refractivity contribution in [2.24, 2.45) is 0 Å². The molecule has 0 aliphatic rings. The van der Waals surface area contributed by atoms with Crippen molar-refractivity contribution in [3.63, 3.8) is 0 Å². The average molecular weight is 274 g/mol. The molecule has 0 aromatic heterocycles. The molecule has 17 heavy (non-hydrogen) atoms. The SMILES string of the molecule is CSCCNS(=O)(=O)c1cc(N)cc(C)c1C. The lowest BCUT2D eigenvalue weighted by Gasteiger charge is -2.11. The molecule has 0 fully saturated rings. The Kier molecular flexibility index (Phi) is 4.85. The number of nitrogens with two attached hydrogens (primary N) is 1. The average Bonchev–Trinajstić information content (AvgIpc) is 2.23. The second kappa shape index (κ2) is 5.75. The summed E-state index contributed by atoms with van der Waals surface area (Å²) in [6, 6.07) is 3.28. The Morgan fingerprint density at radius 2 is 2.00 bits per heavy atom. The molecule has 1 rings (SSSR count). The fraction of sp³-hybridized carbons (Fsp3) is 0.455. The van der Waals surface area contributed by atoms with Crippen molar-refractivity contribution in [2.75, 3.05) is 24.3 Å². The molecule has 96 valence electrons. The zero-order valence-electron chi connectivity index (χ0n) is 10.3. The summed E-state index contributed by atoms with van der Waals surface area (Å²) in [5.41, 5.74) is 7.78. The zero-order chi connectivity index (χ0) is 13.1. The van der Waals surface area contributed by atoms with Crippen LogP contribution in [0.1, 0.15) is 11.1 Å². The molecule has 0 radical (unpaired) electrons. The number of rotatable bonds is 5. The van der Waals surface area contributed by atoms with Crippen LogP contribution in [-0.2, 0) is 10.0 Å². The van der Waals surface area contributed by atoms with E-state index in [0.29, 0.717) is 12.2 Å². The van der Waals surface area contributed by atoms with Crippen molar-refractivity contribution in [2.45, 2.75) is 18.7 Å². The van der Waals surface area contributed by atoms with Crippen molar-refractivity contribution in [1.29, 1.82) is 0 Å². The number of anilines is 1. The normalized spacial score (nSPS) is 11.7. The summed E-state index contributed by atoms with van der Waals surface area (Å²) >= 11 is 1.60. The first-order valence-corrected chi connectivity index (χ1v) is 8.11. The van der Waals surface area contributed by atoms with E-state index in [1.54, 1.807) is 24.8 Å². The quantitative estimate of drug-likeness (QED) is 0.631. The van der Waals surface area contributed by atoms with Gasteiger partial charge in [-0.15, -0.1) is 0 Å². The second-order valence-electron chi connectivity index (χ2n) is 3.85. The predicted octanol–water partition coefficient (Wildman–Crippen LogP) is 1.53. The molecule has 0 aliphatic heterocycles. The minimum absolute atomic E-state index is 0.274. The monoisotopic (exact) mass is 274 g/mol. The minimum Gasteiger partial charge on any atom is -0.399 e. The van der Waals surface area contributed by atoms with Gasteiger partial charge in [-0.05, 0) is 43.4 Å². The van der Waals surface area contributed by atoms with Crippen molar-refractivity contribution >= 4 is 27.5 Å². The van der Waals surface area contributed by atoms with E-state index in [4.69, 9.17) is 5.73 Å². The molecular formula is C11H18N2O2S2. The third kappa shape index (κ3) is 3.62. The number of thioether (sulfide) groups is 1. The molecule has 3 N–H and O–H groups in total. The molecule has 0 bridgehead atoms. The molecule has 0 heterocycles. The summed E-state index contributed by atoms with van der Waals surface area (Å²) in [5, 5.41) is 0. The third-order valence-corrected chi connectivity index (χ3v) is 4.73. The van der Waals surface area contributed by atoms with Crippen LogP contribution in [0.4, 0.5) is 5.69 Å². The Labute approximate surface area is 107 Å². The molecule has 0 saturated heterocycles. The molecule has 1 aromatic carbocycles. The van der Waals surface area contributed by atoms with Crippen LogP contribution in [-0.4, -0.2) is 27.0 Å². The van der Waals surface area contributed by atoms with Crippen LogP contribution < -0.4 is 10.5 Å². The van der Waals surface area contributed by atoms with E-state index in [9.17, 15) is 8.42 Å². The van der Waals surface area contributed by atoms with Gasteiger partial charge < -0.3 is 5.73 Å². The van der Waals surface area contributed by atoms with Crippen LogP contribution in [0.15, 0.2) is 17.0 Å². The Balaban J connectivity index is 3.06. The maximum absolute atomic E-state index is 12.1. The van der Waals surface area contributed by atoms with Crippen LogP contribution in [0, 0.1) is 13.8 Å². The molecule has 4 nitrogen and oxygen atoms in total. The van der Waals surface area contributed by atoms with Crippen molar-refractivity contribution in [3.05, 3.63) is 23.3 Å². The van der Waals surface area contributed by atoms with E-state index >= 15 is 0 Å². The fourth-order valence-electron chi connectivity index (χ4n) is 1.49. The Morgan fingerprint density at radius 1 is 1.35 bits per heavy atom. The van der Waals surface area contributed by atoms with Crippen LogP contribution in [0.2, 0.25) is 0 Å². The Hall–Kier alpha value is -0.720. The first kappa shape index (κ1) is 14.3. The Morgan fingerprint density at radius 3 is 2.59 bits per heavy atom. The topological polar surface area (TPSA) is 72.2 Å². The van der Waals surface area contributed by atoms with E-state index in [-0.39, 0.29) is 4.90 Å². The van der Waals surface area contributed by atoms with E-state index in [1.807, 2.05) is 13.2 Å². The predicted molar refractivity (Wildman–Crippen MR) is 73.9 cm³/mol. The third-order valence-electron chi connectivity index (χ3n) is 2.53. The smallest absolute Gasteiger partial charge is 0.240 e. The summed E-state index contributed by atoms with van der Waals surface area (Å²) in [7, 11) is -3.45. The van der Waals surface area contributed by atoms with E-state index in [1.165, 1.54) is 6.07 Å². The van der Waals surface area contributed by atoms with Gasteiger partial charge in [-0.2, -0.15) is 11.8 Å². The highest BCUT2D eigenvalue weighted by atomic mass is 32.2.